The number of aryl methyl sites for hydroxylation is 1. The molecule has 270 valence electrons. The predicted octanol–water partition coefficient (Wildman–Crippen LogP) is 6.73. The molecule has 1 atom stereocenters. The van der Waals surface area contributed by atoms with Gasteiger partial charge in [-0.15, -0.1) is 0 Å². The molecular formula is C42H53N5O4. The van der Waals surface area contributed by atoms with Gasteiger partial charge in [0.25, 0.3) is 11.5 Å². The smallest absolute Gasteiger partial charge is 0.264 e. The minimum Gasteiger partial charge on any atom is -0.496 e. The van der Waals surface area contributed by atoms with Crippen molar-refractivity contribution in [2.75, 3.05) is 51.8 Å². The van der Waals surface area contributed by atoms with Gasteiger partial charge in [0.05, 0.1) is 25.8 Å². The maximum Gasteiger partial charge on any atom is 0.264 e. The number of hydrogen-bond acceptors (Lipinski definition) is 7. The van der Waals surface area contributed by atoms with Crippen molar-refractivity contribution in [3.63, 3.8) is 0 Å². The van der Waals surface area contributed by atoms with Gasteiger partial charge in [0.1, 0.15) is 23.1 Å². The number of carbonyl (C=O) groups excluding carboxylic acids is 1. The number of hydrogen-bond donors (Lipinski definition) is 0. The molecule has 1 aromatic heterocycles. The van der Waals surface area contributed by atoms with Crippen molar-refractivity contribution >= 4 is 11.6 Å². The molecule has 0 N–H and O–H groups in total. The zero-order valence-electron chi connectivity index (χ0n) is 31.9. The van der Waals surface area contributed by atoms with Crippen molar-refractivity contribution in [2.24, 2.45) is 17.9 Å². The van der Waals surface area contributed by atoms with Crippen molar-refractivity contribution in [1.29, 1.82) is 5.26 Å². The lowest BCUT2D eigenvalue weighted by atomic mass is 9.71. The van der Waals surface area contributed by atoms with Crippen LogP contribution in [0, 0.1) is 36.0 Å². The number of pyridine rings is 1. The highest BCUT2D eigenvalue weighted by Crippen LogP contribution is 2.46. The molecule has 9 nitrogen and oxygen atoms in total. The molecule has 2 fully saturated rings. The van der Waals surface area contributed by atoms with Gasteiger partial charge in [-0.3, -0.25) is 14.5 Å². The van der Waals surface area contributed by atoms with Gasteiger partial charge in [-0.2, -0.15) is 5.26 Å². The molecule has 3 aromatic rings. The number of methoxy groups -OCH3 is 2. The standard InChI is InChI=1S/C42H53N5O4/c1-27-28(2)39(48)44(7)23-34(27)30-19-37(50-8)35(38(20-30)51-9)24-45-17-14-42(15-18-45)25-46(26-42)36-12-10-11-32-29(3)47(16-13-33(32)36)40(49)31(22-43)21-41(4,5)6/h10-12,19-21,23,29H,13-18,24-26H2,1-9H3/b31-21+. The topological polar surface area (TPSA) is 91.0 Å². The summed E-state index contributed by atoms with van der Waals surface area (Å²) in [6, 6.07) is 12.7. The number of likely N-dealkylation sites (tertiary alicyclic amines) is 1. The summed E-state index contributed by atoms with van der Waals surface area (Å²) in [5.41, 5.74) is 8.84. The molecule has 1 unspecified atom stereocenters. The molecule has 51 heavy (non-hydrogen) atoms. The van der Waals surface area contributed by atoms with Crippen LogP contribution in [0.4, 0.5) is 5.69 Å². The highest BCUT2D eigenvalue weighted by atomic mass is 16.5. The first-order valence-corrected chi connectivity index (χ1v) is 18.1. The maximum atomic E-state index is 13.4. The second kappa shape index (κ2) is 13.9. The van der Waals surface area contributed by atoms with Crippen LogP contribution in [0.3, 0.4) is 0 Å². The Balaban J connectivity index is 1.12. The molecule has 9 heteroatoms. The number of nitrogens with zero attached hydrogens (tertiary/aromatic N) is 5. The van der Waals surface area contributed by atoms with E-state index in [2.05, 4.69) is 53.1 Å². The first-order chi connectivity index (χ1) is 24.2. The van der Waals surface area contributed by atoms with E-state index in [1.807, 2.05) is 45.7 Å². The first kappa shape index (κ1) is 36.2. The summed E-state index contributed by atoms with van der Waals surface area (Å²) in [6.07, 6.45) is 6.74. The molecule has 3 aliphatic heterocycles. The fourth-order valence-corrected chi connectivity index (χ4v) is 8.37. The Labute approximate surface area is 303 Å². The fourth-order valence-electron chi connectivity index (χ4n) is 8.37. The SMILES string of the molecule is COc1cc(-c2cn(C)c(=O)c(C)c2C)cc(OC)c1CN1CCC2(CC1)CN(c1cccc3c1CCN(C(=O)/C(C#N)=C/C(C)(C)C)C3C)C2. The molecular weight excluding hydrogens is 638 g/mol. The summed E-state index contributed by atoms with van der Waals surface area (Å²) in [5, 5.41) is 9.77. The van der Waals surface area contributed by atoms with E-state index in [-0.39, 0.29) is 28.5 Å². The number of fused-ring (bicyclic) bond motifs is 1. The van der Waals surface area contributed by atoms with Gasteiger partial charge in [0, 0.05) is 61.7 Å². The Hall–Kier alpha value is -4.55. The van der Waals surface area contributed by atoms with E-state index in [1.54, 1.807) is 31.9 Å². The zero-order valence-corrected chi connectivity index (χ0v) is 31.9. The van der Waals surface area contributed by atoms with E-state index >= 15 is 0 Å². The van der Waals surface area contributed by atoms with Crippen molar-refractivity contribution in [3.8, 4) is 28.7 Å². The molecule has 4 heterocycles. The molecule has 2 aromatic carbocycles. The molecule has 6 rings (SSSR count). The lowest BCUT2D eigenvalue weighted by Gasteiger charge is -2.56. The average molecular weight is 692 g/mol. The van der Waals surface area contributed by atoms with Crippen LogP contribution in [0.25, 0.3) is 11.1 Å². The number of ether oxygens (including phenoxy) is 2. The van der Waals surface area contributed by atoms with E-state index < -0.39 is 0 Å². The van der Waals surface area contributed by atoms with Crippen molar-refractivity contribution in [2.45, 2.75) is 73.4 Å². The van der Waals surface area contributed by atoms with Gasteiger partial charge < -0.3 is 23.8 Å². The summed E-state index contributed by atoms with van der Waals surface area (Å²) in [5.74, 6) is 1.41. The second-order valence-electron chi connectivity index (χ2n) is 16.0. The number of piperidine rings is 1. The molecule has 1 spiro atoms. The van der Waals surface area contributed by atoms with Gasteiger partial charge in [-0.25, -0.2) is 0 Å². The largest absolute Gasteiger partial charge is 0.496 e. The van der Waals surface area contributed by atoms with Crippen LogP contribution in [-0.4, -0.2) is 67.2 Å². The monoisotopic (exact) mass is 691 g/mol. The fraction of sp³-hybridized carbons (Fsp3) is 0.500. The van der Waals surface area contributed by atoms with E-state index in [4.69, 9.17) is 9.47 Å². The van der Waals surface area contributed by atoms with Crippen molar-refractivity contribution in [3.05, 3.63) is 86.3 Å². The van der Waals surface area contributed by atoms with Crippen LogP contribution in [0.15, 0.2) is 53.0 Å². The van der Waals surface area contributed by atoms with Crippen LogP contribution in [0.5, 0.6) is 11.5 Å². The van der Waals surface area contributed by atoms with Crippen LogP contribution in [0.2, 0.25) is 0 Å². The van der Waals surface area contributed by atoms with Crippen LogP contribution >= 0.6 is 0 Å². The Morgan fingerprint density at radius 3 is 2.27 bits per heavy atom. The number of allylic oxidation sites excluding steroid dienone is 1. The summed E-state index contributed by atoms with van der Waals surface area (Å²) in [6.45, 7) is 17.4. The number of aromatic nitrogens is 1. The molecule has 0 saturated carbocycles. The summed E-state index contributed by atoms with van der Waals surface area (Å²) >= 11 is 0. The van der Waals surface area contributed by atoms with Crippen LogP contribution < -0.4 is 19.9 Å². The van der Waals surface area contributed by atoms with Gasteiger partial charge in [-0.1, -0.05) is 39.0 Å². The highest BCUT2D eigenvalue weighted by Gasteiger charge is 2.46. The molecule has 0 aliphatic carbocycles. The number of anilines is 1. The van der Waals surface area contributed by atoms with E-state index in [0.717, 1.165) is 91.3 Å². The molecule has 1 amide bonds. The number of benzene rings is 2. The van der Waals surface area contributed by atoms with Gasteiger partial charge in [-0.05, 0) is 99.0 Å². The Morgan fingerprint density at radius 2 is 1.69 bits per heavy atom. The van der Waals surface area contributed by atoms with Gasteiger partial charge >= 0.3 is 0 Å². The lowest BCUT2D eigenvalue weighted by molar-refractivity contribution is -0.129. The number of carbonyl (C=O) groups is 1. The molecule has 0 radical (unpaired) electrons. The third-order valence-corrected chi connectivity index (χ3v) is 11.4. The summed E-state index contributed by atoms with van der Waals surface area (Å²) in [4.78, 5) is 32.9. The Kier molecular flexibility index (Phi) is 9.86. The summed E-state index contributed by atoms with van der Waals surface area (Å²) in [7, 11) is 5.21. The van der Waals surface area contributed by atoms with Crippen LogP contribution in [-0.2, 0) is 24.8 Å². The summed E-state index contributed by atoms with van der Waals surface area (Å²) < 4.78 is 13.5. The number of amides is 1. The quantitative estimate of drug-likeness (QED) is 0.201. The van der Waals surface area contributed by atoms with Gasteiger partial charge in [0.15, 0.2) is 0 Å². The highest BCUT2D eigenvalue weighted by molar-refractivity contribution is 5.97. The third kappa shape index (κ3) is 6.91. The second-order valence-corrected chi connectivity index (χ2v) is 16.0. The minimum atomic E-state index is -0.245. The number of nitriles is 1. The minimum absolute atomic E-state index is 0.0160. The predicted molar refractivity (Wildman–Crippen MR) is 202 cm³/mol. The van der Waals surface area contributed by atoms with E-state index in [1.165, 1.54) is 16.8 Å². The Morgan fingerprint density at radius 1 is 1.04 bits per heavy atom. The zero-order chi connectivity index (χ0) is 36.8. The van der Waals surface area contributed by atoms with Crippen molar-refractivity contribution < 1.29 is 14.3 Å². The maximum absolute atomic E-state index is 13.4. The average Bonchev–Trinajstić information content (AvgIpc) is 3.10. The van der Waals surface area contributed by atoms with E-state index in [9.17, 15) is 14.9 Å². The van der Waals surface area contributed by atoms with Gasteiger partial charge in [0.2, 0.25) is 0 Å². The molecule has 0 bridgehead atoms. The molecule has 3 aliphatic rings. The lowest BCUT2D eigenvalue weighted by Crippen LogP contribution is -2.60. The van der Waals surface area contributed by atoms with Crippen LogP contribution in [0.1, 0.15) is 74.4 Å². The first-order valence-electron chi connectivity index (χ1n) is 18.1. The third-order valence-electron chi connectivity index (χ3n) is 11.4. The van der Waals surface area contributed by atoms with Crippen molar-refractivity contribution in [1.82, 2.24) is 14.4 Å². The Bertz CT molecular complexity index is 1940. The van der Waals surface area contributed by atoms with E-state index in [0.29, 0.717) is 12.0 Å². The molecule has 2 saturated heterocycles. The normalized spacial score (nSPS) is 19.0. The number of rotatable bonds is 7.